The molecule has 2 heterocycles. The maximum absolute atomic E-state index is 12.5. The molecule has 0 spiro atoms. The number of hydrogen-bond donors (Lipinski definition) is 1. The van der Waals surface area contributed by atoms with Crippen molar-refractivity contribution in [3.05, 3.63) is 32.6 Å². The van der Waals surface area contributed by atoms with Crippen LogP contribution in [-0.4, -0.2) is 54.2 Å². The van der Waals surface area contributed by atoms with Crippen LogP contribution in [0.4, 0.5) is 0 Å². The van der Waals surface area contributed by atoms with Crippen LogP contribution in [0.2, 0.25) is 0 Å². The zero-order valence-corrected chi connectivity index (χ0v) is 20.1. The summed E-state index contributed by atoms with van der Waals surface area (Å²) in [6.07, 6.45) is 10.7. The van der Waals surface area contributed by atoms with Gasteiger partial charge in [-0.2, -0.15) is 0 Å². The molecule has 0 amide bonds. The lowest BCUT2D eigenvalue weighted by atomic mass is 9.93. The summed E-state index contributed by atoms with van der Waals surface area (Å²) in [5.41, 5.74) is -0.422. The molecule has 2 aliphatic carbocycles. The highest BCUT2D eigenvalue weighted by molar-refractivity contribution is 5.02. The summed E-state index contributed by atoms with van der Waals surface area (Å²) in [6, 6.07) is 0. The van der Waals surface area contributed by atoms with E-state index >= 15 is 0 Å². The first kappa shape index (κ1) is 24.6. The van der Waals surface area contributed by atoms with Crippen molar-refractivity contribution in [2.75, 3.05) is 20.8 Å². The van der Waals surface area contributed by atoms with Gasteiger partial charge in [-0.1, -0.05) is 12.8 Å². The fraction of sp³-hybridized carbons (Fsp3) is 0.833. The van der Waals surface area contributed by atoms with Gasteiger partial charge in [0.05, 0.1) is 12.7 Å². The van der Waals surface area contributed by atoms with Gasteiger partial charge in [0, 0.05) is 58.1 Å². The maximum atomic E-state index is 12.5. The van der Waals surface area contributed by atoms with Gasteiger partial charge in [0.1, 0.15) is 12.3 Å². The first-order valence-electron chi connectivity index (χ1n) is 12.3. The third-order valence-corrected chi connectivity index (χ3v) is 7.49. The second-order valence-electron chi connectivity index (χ2n) is 9.66. The summed E-state index contributed by atoms with van der Waals surface area (Å²) in [7, 11) is 3.39. The summed E-state index contributed by atoms with van der Waals surface area (Å²) in [6.45, 7) is 1.97. The van der Waals surface area contributed by atoms with Gasteiger partial charge >= 0.3 is 5.69 Å². The van der Waals surface area contributed by atoms with E-state index < -0.39 is 29.6 Å². The van der Waals surface area contributed by atoms with Gasteiger partial charge in [0.25, 0.3) is 5.56 Å². The second kappa shape index (κ2) is 10.4. The number of nitrogens with one attached hydrogen (secondary N) is 1. The van der Waals surface area contributed by atoms with Crippen molar-refractivity contribution in [2.45, 2.75) is 108 Å². The monoisotopic (exact) mass is 466 g/mol. The molecule has 0 radical (unpaired) electrons. The van der Waals surface area contributed by atoms with E-state index in [-0.39, 0.29) is 11.7 Å². The van der Waals surface area contributed by atoms with E-state index in [4.69, 9.17) is 23.7 Å². The summed E-state index contributed by atoms with van der Waals surface area (Å²) in [5.74, 6) is -1.24. The van der Waals surface area contributed by atoms with Crippen LogP contribution in [0.3, 0.4) is 0 Å². The first-order valence-corrected chi connectivity index (χ1v) is 12.3. The van der Waals surface area contributed by atoms with E-state index in [2.05, 4.69) is 4.98 Å². The Bertz CT molecular complexity index is 899. The van der Waals surface area contributed by atoms with Crippen molar-refractivity contribution >= 4 is 0 Å². The topological polar surface area (TPSA) is 101 Å². The first-order chi connectivity index (χ1) is 15.9. The minimum atomic E-state index is -0.644. The van der Waals surface area contributed by atoms with Crippen molar-refractivity contribution in [3.8, 4) is 0 Å². The summed E-state index contributed by atoms with van der Waals surface area (Å²) >= 11 is 0. The van der Waals surface area contributed by atoms with Gasteiger partial charge in [-0.3, -0.25) is 14.3 Å². The molecule has 9 nitrogen and oxygen atoms in total. The van der Waals surface area contributed by atoms with E-state index in [0.29, 0.717) is 18.6 Å². The van der Waals surface area contributed by atoms with Crippen molar-refractivity contribution in [2.24, 2.45) is 0 Å². The Morgan fingerprint density at radius 2 is 1.61 bits per heavy atom. The van der Waals surface area contributed by atoms with Crippen LogP contribution in [0.25, 0.3) is 0 Å². The highest BCUT2D eigenvalue weighted by Gasteiger charge is 2.45. The van der Waals surface area contributed by atoms with Crippen molar-refractivity contribution in [1.29, 1.82) is 0 Å². The van der Waals surface area contributed by atoms with Gasteiger partial charge < -0.3 is 23.7 Å². The number of H-pyrrole nitrogens is 1. The highest BCUT2D eigenvalue weighted by Crippen LogP contribution is 2.40. The SMILES string of the molecule is COC1(OC[C@H]2O[C@@H](n3cc(C)c(=O)[nH]c3=O)C[C@@H]2OC2(OC)CCCCC2)CCCCC1. The zero-order chi connectivity index (χ0) is 23.5. The number of hydrogen-bond acceptors (Lipinski definition) is 7. The van der Waals surface area contributed by atoms with E-state index in [1.807, 2.05) is 0 Å². The molecule has 0 unspecified atom stereocenters. The smallest absolute Gasteiger partial charge is 0.330 e. The minimum absolute atomic E-state index is 0.298. The largest absolute Gasteiger partial charge is 0.353 e. The molecule has 1 saturated heterocycles. The summed E-state index contributed by atoms with van der Waals surface area (Å²) < 4.78 is 32.4. The molecule has 2 saturated carbocycles. The van der Waals surface area contributed by atoms with Crippen LogP contribution < -0.4 is 11.2 Å². The molecule has 9 heteroatoms. The molecule has 3 atom stereocenters. The molecule has 1 aliphatic heterocycles. The Balaban J connectivity index is 1.55. The second-order valence-corrected chi connectivity index (χ2v) is 9.66. The molecule has 33 heavy (non-hydrogen) atoms. The van der Waals surface area contributed by atoms with Gasteiger partial charge in [0.2, 0.25) is 0 Å². The number of aryl methyl sites for hydroxylation is 1. The highest BCUT2D eigenvalue weighted by atomic mass is 16.7. The number of aromatic amines is 1. The molecule has 4 rings (SSSR count). The fourth-order valence-corrected chi connectivity index (χ4v) is 5.41. The third kappa shape index (κ3) is 5.43. The molecule has 0 aromatic carbocycles. The van der Waals surface area contributed by atoms with Crippen molar-refractivity contribution < 1.29 is 23.7 Å². The Hall–Kier alpha value is -1.52. The predicted octanol–water partition coefficient (Wildman–Crippen LogP) is 3.15. The Morgan fingerprint density at radius 1 is 1.00 bits per heavy atom. The van der Waals surface area contributed by atoms with Crippen LogP contribution in [-0.2, 0) is 23.7 Å². The summed E-state index contributed by atoms with van der Waals surface area (Å²) in [4.78, 5) is 26.7. The van der Waals surface area contributed by atoms with Crippen LogP contribution in [0.5, 0.6) is 0 Å². The number of aromatic nitrogens is 2. The van der Waals surface area contributed by atoms with E-state index in [0.717, 1.165) is 51.4 Å². The van der Waals surface area contributed by atoms with Gasteiger partial charge in [-0.25, -0.2) is 4.79 Å². The molecular weight excluding hydrogens is 428 g/mol. The number of nitrogens with zero attached hydrogens (tertiary/aromatic N) is 1. The number of methoxy groups -OCH3 is 2. The Labute approximate surface area is 194 Å². The number of rotatable bonds is 8. The Morgan fingerprint density at radius 3 is 2.21 bits per heavy atom. The van der Waals surface area contributed by atoms with E-state index in [1.165, 1.54) is 17.4 Å². The van der Waals surface area contributed by atoms with Crippen LogP contribution >= 0.6 is 0 Å². The van der Waals surface area contributed by atoms with Crippen LogP contribution in [0.1, 0.15) is 82.4 Å². The normalized spacial score (nSPS) is 29.2. The zero-order valence-electron chi connectivity index (χ0n) is 20.1. The van der Waals surface area contributed by atoms with Gasteiger partial charge in [0.15, 0.2) is 11.6 Å². The van der Waals surface area contributed by atoms with E-state index in [9.17, 15) is 9.59 Å². The lowest BCUT2D eigenvalue weighted by Gasteiger charge is -2.40. The molecule has 0 bridgehead atoms. The molecule has 1 aromatic heterocycles. The average molecular weight is 467 g/mol. The molecule has 1 N–H and O–H groups in total. The lowest BCUT2D eigenvalue weighted by Crippen LogP contribution is -2.45. The quantitative estimate of drug-likeness (QED) is 0.587. The molecular formula is C24H38N2O7. The van der Waals surface area contributed by atoms with Crippen molar-refractivity contribution in [3.63, 3.8) is 0 Å². The molecule has 186 valence electrons. The predicted molar refractivity (Wildman–Crippen MR) is 121 cm³/mol. The molecule has 3 fully saturated rings. The minimum Gasteiger partial charge on any atom is -0.353 e. The third-order valence-electron chi connectivity index (χ3n) is 7.49. The van der Waals surface area contributed by atoms with Gasteiger partial charge in [-0.05, 0) is 32.6 Å². The Kier molecular flexibility index (Phi) is 7.75. The summed E-state index contributed by atoms with van der Waals surface area (Å²) in [5, 5.41) is 0. The lowest BCUT2D eigenvalue weighted by molar-refractivity contribution is -0.282. The van der Waals surface area contributed by atoms with Crippen LogP contribution in [0, 0.1) is 6.92 Å². The molecule has 3 aliphatic rings. The number of ether oxygens (including phenoxy) is 5. The van der Waals surface area contributed by atoms with Crippen molar-refractivity contribution in [1.82, 2.24) is 9.55 Å². The average Bonchev–Trinajstić information content (AvgIpc) is 3.23. The standard InChI is InChI=1S/C24H38N2O7/c1-17-15-26(22(28)25-21(17)27)20-14-18(33-24(30-3)12-8-5-9-13-24)19(32-20)16-31-23(29-2)10-6-4-7-11-23/h15,18-20H,4-14,16H2,1-3H3,(H,25,27,28)/t18-,19+,20+/m0/s1. The molecule has 1 aromatic rings. The van der Waals surface area contributed by atoms with E-state index in [1.54, 1.807) is 27.3 Å². The van der Waals surface area contributed by atoms with Gasteiger partial charge in [-0.15, -0.1) is 0 Å². The van der Waals surface area contributed by atoms with Crippen LogP contribution in [0.15, 0.2) is 15.8 Å². The maximum Gasteiger partial charge on any atom is 0.330 e. The fourth-order valence-electron chi connectivity index (χ4n) is 5.41.